The van der Waals surface area contributed by atoms with Gasteiger partial charge in [-0.05, 0) is 73.1 Å². The Morgan fingerprint density at radius 1 is 1.02 bits per heavy atom. The number of aromatic nitrogens is 2. The summed E-state index contributed by atoms with van der Waals surface area (Å²) in [7, 11) is 1.78. The molecule has 244 valence electrons. The number of aliphatic hydroxyl groups excluding tert-OH is 1. The lowest BCUT2D eigenvalue weighted by atomic mass is 9.91. The van der Waals surface area contributed by atoms with Crippen LogP contribution < -0.4 is 15.1 Å². The monoisotopic (exact) mass is 653 g/mol. The molecule has 0 bridgehead atoms. The molecule has 1 aliphatic carbocycles. The Balaban J connectivity index is 1.01. The number of aliphatic hydroxyl groups is 1. The summed E-state index contributed by atoms with van der Waals surface area (Å²) in [5, 5.41) is 14.4. The van der Waals surface area contributed by atoms with Gasteiger partial charge in [-0.3, -0.25) is 19.4 Å². The highest BCUT2D eigenvalue weighted by atomic mass is 32.1. The number of amides is 1. The van der Waals surface area contributed by atoms with Gasteiger partial charge in [-0.2, -0.15) is 0 Å². The zero-order valence-electron chi connectivity index (χ0n) is 26.5. The first-order valence-corrected chi connectivity index (χ1v) is 17.3. The number of carbonyl (C=O) groups excluding carboxylic acids is 2. The first-order valence-electron chi connectivity index (χ1n) is 16.5. The van der Waals surface area contributed by atoms with E-state index in [0.29, 0.717) is 46.6 Å². The van der Waals surface area contributed by atoms with E-state index in [-0.39, 0.29) is 5.91 Å². The lowest BCUT2D eigenvalue weighted by Gasteiger charge is -2.43. The van der Waals surface area contributed by atoms with E-state index < -0.39 is 6.23 Å². The number of pyridine rings is 2. The van der Waals surface area contributed by atoms with Crippen molar-refractivity contribution in [1.82, 2.24) is 19.8 Å². The molecule has 8 rings (SSSR count). The van der Waals surface area contributed by atoms with Crippen molar-refractivity contribution >= 4 is 46.4 Å². The number of ether oxygens (including phenoxy) is 1. The van der Waals surface area contributed by atoms with Crippen molar-refractivity contribution in [2.24, 2.45) is 0 Å². The van der Waals surface area contributed by atoms with Gasteiger partial charge in [0.15, 0.2) is 12.5 Å². The summed E-state index contributed by atoms with van der Waals surface area (Å²) in [6.07, 6.45) is 12.2. The van der Waals surface area contributed by atoms with Crippen LogP contribution in [-0.4, -0.2) is 102 Å². The molecule has 3 aromatic rings. The molecular weight excluding hydrogens is 614 g/mol. The summed E-state index contributed by atoms with van der Waals surface area (Å²) < 4.78 is 5.36. The van der Waals surface area contributed by atoms with Gasteiger partial charge in [0.1, 0.15) is 11.6 Å². The zero-order valence-corrected chi connectivity index (χ0v) is 27.3. The van der Waals surface area contributed by atoms with Crippen molar-refractivity contribution in [3.8, 4) is 0 Å². The number of carbonyl (C=O) groups is 2. The second-order valence-corrected chi connectivity index (χ2v) is 14.0. The topological polar surface area (TPSA) is 114 Å². The summed E-state index contributed by atoms with van der Waals surface area (Å²) >= 11 is 1.62. The number of hydrogen-bond donors (Lipinski definition) is 2. The number of aldehydes is 1. The highest BCUT2D eigenvalue weighted by molar-refractivity contribution is 7.14. The van der Waals surface area contributed by atoms with Crippen LogP contribution in [0.2, 0.25) is 0 Å². The quantitative estimate of drug-likeness (QED) is 0.367. The van der Waals surface area contributed by atoms with Crippen molar-refractivity contribution in [2.45, 2.75) is 44.4 Å². The Bertz CT molecular complexity index is 1760. The van der Waals surface area contributed by atoms with Crippen LogP contribution in [0.4, 0.5) is 17.3 Å². The van der Waals surface area contributed by atoms with Gasteiger partial charge in [-0.15, -0.1) is 11.3 Å². The molecule has 11 nitrogen and oxygen atoms in total. The van der Waals surface area contributed by atoms with Crippen LogP contribution in [0.15, 0.2) is 48.6 Å². The maximum Gasteiger partial charge on any atom is 0.269 e. The molecule has 12 heteroatoms. The Morgan fingerprint density at radius 3 is 2.60 bits per heavy atom. The maximum absolute atomic E-state index is 13.8. The Kier molecular flexibility index (Phi) is 8.04. The molecule has 47 heavy (non-hydrogen) atoms. The molecule has 7 heterocycles. The molecule has 3 aromatic heterocycles. The van der Waals surface area contributed by atoms with Gasteiger partial charge in [0.25, 0.3) is 5.91 Å². The smallest absolute Gasteiger partial charge is 0.269 e. The number of likely N-dealkylation sites (N-methyl/N-ethyl adjacent to an activating group) is 1. The second-order valence-electron chi connectivity index (χ2n) is 12.9. The largest absolute Gasteiger partial charge is 0.378 e. The predicted octanol–water partition coefficient (Wildman–Crippen LogP) is 3.55. The van der Waals surface area contributed by atoms with Crippen molar-refractivity contribution in [2.75, 3.05) is 68.1 Å². The summed E-state index contributed by atoms with van der Waals surface area (Å²) in [6.45, 7) is 6.07. The summed E-state index contributed by atoms with van der Waals surface area (Å²) in [6, 6.07) is 6.32. The average Bonchev–Trinajstić information content (AvgIpc) is 3.46. The Labute approximate surface area is 278 Å². The third kappa shape index (κ3) is 5.52. The van der Waals surface area contributed by atoms with Crippen molar-refractivity contribution in [3.63, 3.8) is 0 Å². The van der Waals surface area contributed by atoms with Gasteiger partial charge in [-0.1, -0.05) is 0 Å². The number of nitrogens with one attached hydrogen (secondary N) is 1. The van der Waals surface area contributed by atoms with Crippen LogP contribution in [0.25, 0.3) is 5.57 Å². The van der Waals surface area contributed by atoms with Gasteiger partial charge in [0.05, 0.1) is 47.3 Å². The standard InChI is InChI=1S/C35H39N7O4S/c1-39-18-22(16-29(34(39)44)38-31-7-6-23(17-37-31)40-12-14-41(15-13-40)24-20-46-21-24)25-8-10-36-33(28(25)19-43)42-11-9-27-26-4-2-3-5-30(26)47-32(27)35(42)45/h6-8,10,16-19,24,34,44H,2-5,9,11-15,20-21H2,1H3,(H,37,38). The molecule has 0 aromatic carbocycles. The van der Waals surface area contributed by atoms with Crippen LogP contribution >= 0.6 is 11.3 Å². The number of anilines is 3. The normalized spacial score (nSPS) is 21.9. The van der Waals surface area contributed by atoms with Gasteiger partial charge in [-0.25, -0.2) is 9.97 Å². The lowest BCUT2D eigenvalue weighted by molar-refractivity contribution is -0.0660. The molecule has 2 N–H and O–H groups in total. The van der Waals surface area contributed by atoms with E-state index in [1.165, 1.54) is 28.8 Å². The number of nitrogens with zero attached hydrogens (tertiary/aromatic N) is 6. The van der Waals surface area contributed by atoms with Crippen molar-refractivity contribution < 1.29 is 19.4 Å². The number of thiophene rings is 1. The van der Waals surface area contributed by atoms with E-state index in [0.717, 1.165) is 75.5 Å². The molecule has 1 amide bonds. The van der Waals surface area contributed by atoms with Crippen LogP contribution in [0.5, 0.6) is 0 Å². The number of hydrogen-bond acceptors (Lipinski definition) is 11. The third-order valence-corrected chi connectivity index (χ3v) is 11.4. The fourth-order valence-electron chi connectivity index (χ4n) is 7.37. The number of aryl methyl sites for hydroxylation is 1. The summed E-state index contributed by atoms with van der Waals surface area (Å²) in [5.74, 6) is 0.903. The average molecular weight is 654 g/mol. The van der Waals surface area contributed by atoms with Gasteiger partial charge in [0, 0.05) is 62.6 Å². The minimum absolute atomic E-state index is 0.0779. The summed E-state index contributed by atoms with van der Waals surface area (Å²) in [5.41, 5.74) is 5.88. The molecule has 0 saturated carbocycles. The molecule has 2 fully saturated rings. The SMILES string of the molecule is CN1C=C(c2ccnc(N3CCc4c(sc5c4CCCC5)C3=O)c2C=O)C=C(Nc2ccc(N3CCN(C4COC4)CC3)cn2)C1O. The molecule has 1 atom stereocenters. The number of fused-ring (bicyclic) bond motifs is 3. The molecule has 0 spiro atoms. The van der Waals surface area contributed by atoms with Crippen LogP contribution in [0.3, 0.4) is 0 Å². The van der Waals surface area contributed by atoms with Crippen LogP contribution in [-0.2, 0) is 24.0 Å². The van der Waals surface area contributed by atoms with E-state index >= 15 is 0 Å². The van der Waals surface area contributed by atoms with E-state index in [1.54, 1.807) is 46.6 Å². The molecule has 2 saturated heterocycles. The van der Waals surface area contributed by atoms with Crippen LogP contribution in [0, 0.1) is 0 Å². The van der Waals surface area contributed by atoms with Crippen molar-refractivity contribution in [1.29, 1.82) is 0 Å². The summed E-state index contributed by atoms with van der Waals surface area (Å²) in [4.78, 5) is 46.0. The second kappa shape index (κ2) is 12.5. The highest BCUT2D eigenvalue weighted by Gasteiger charge is 2.34. The van der Waals surface area contributed by atoms with Crippen LogP contribution in [0.1, 0.15) is 54.4 Å². The lowest BCUT2D eigenvalue weighted by Crippen LogP contribution is -2.56. The minimum Gasteiger partial charge on any atom is -0.378 e. The number of allylic oxidation sites excluding steroid dienone is 2. The highest BCUT2D eigenvalue weighted by Crippen LogP contribution is 2.39. The molecule has 1 unspecified atom stereocenters. The van der Waals surface area contributed by atoms with E-state index in [1.807, 2.05) is 18.3 Å². The zero-order chi connectivity index (χ0) is 32.1. The molecule has 4 aliphatic heterocycles. The molecule has 5 aliphatic rings. The van der Waals surface area contributed by atoms with Crippen molar-refractivity contribution in [3.05, 3.63) is 80.6 Å². The van der Waals surface area contributed by atoms with Gasteiger partial charge >= 0.3 is 0 Å². The minimum atomic E-state index is -0.934. The van der Waals surface area contributed by atoms with E-state index in [4.69, 9.17) is 4.74 Å². The molecular formula is C35H39N7O4S. The third-order valence-electron chi connectivity index (χ3n) is 10.1. The fraction of sp³-hybridized carbons (Fsp3) is 0.429. The number of rotatable bonds is 7. The van der Waals surface area contributed by atoms with E-state index in [2.05, 4.69) is 31.2 Å². The first-order chi connectivity index (χ1) is 23.0. The molecule has 0 radical (unpaired) electrons. The maximum atomic E-state index is 13.8. The fourth-order valence-corrected chi connectivity index (χ4v) is 8.76. The van der Waals surface area contributed by atoms with Gasteiger partial charge in [0.2, 0.25) is 0 Å². The predicted molar refractivity (Wildman–Crippen MR) is 182 cm³/mol. The first kappa shape index (κ1) is 30.2. The Morgan fingerprint density at radius 2 is 1.85 bits per heavy atom. The van der Waals surface area contributed by atoms with E-state index in [9.17, 15) is 14.7 Å². The van der Waals surface area contributed by atoms with Gasteiger partial charge < -0.3 is 25.0 Å². The number of piperazine rings is 1. The Hall–Kier alpha value is -4.10.